The molecule has 18 heavy (non-hydrogen) atoms. The Balaban J connectivity index is 0.00000289. The predicted octanol–water partition coefficient (Wildman–Crippen LogP) is 1.59. The molecule has 1 rings (SSSR count). The maximum absolute atomic E-state index is 13.5. The Morgan fingerprint density at radius 2 is 2.17 bits per heavy atom. The SMILES string of the molecule is CNC(C)CNC(=O)c1ccc(OC)cc1F.Cl. The van der Waals surface area contributed by atoms with Crippen molar-refractivity contribution in [1.82, 2.24) is 10.6 Å². The first-order chi connectivity index (χ1) is 8.08. The molecule has 4 nitrogen and oxygen atoms in total. The molecule has 1 amide bonds. The van der Waals surface area contributed by atoms with Crippen LogP contribution < -0.4 is 15.4 Å². The van der Waals surface area contributed by atoms with Gasteiger partial charge in [0.15, 0.2) is 0 Å². The molecule has 0 aliphatic rings. The van der Waals surface area contributed by atoms with E-state index in [1.165, 1.54) is 19.2 Å². The molecule has 6 heteroatoms. The molecule has 0 spiro atoms. The molecule has 0 aliphatic heterocycles. The van der Waals surface area contributed by atoms with Gasteiger partial charge < -0.3 is 15.4 Å². The molecule has 1 aromatic carbocycles. The van der Waals surface area contributed by atoms with E-state index in [0.717, 1.165) is 0 Å². The number of nitrogens with one attached hydrogen (secondary N) is 2. The van der Waals surface area contributed by atoms with Crippen molar-refractivity contribution in [2.24, 2.45) is 0 Å². The van der Waals surface area contributed by atoms with Crippen molar-refractivity contribution in [3.8, 4) is 5.75 Å². The van der Waals surface area contributed by atoms with E-state index < -0.39 is 11.7 Å². The Bertz CT molecular complexity index is 402. The predicted molar refractivity (Wildman–Crippen MR) is 71.1 cm³/mol. The third kappa shape index (κ3) is 4.50. The van der Waals surface area contributed by atoms with Gasteiger partial charge >= 0.3 is 0 Å². The van der Waals surface area contributed by atoms with E-state index in [0.29, 0.717) is 12.3 Å². The number of carbonyl (C=O) groups excluding carboxylic acids is 1. The van der Waals surface area contributed by atoms with Gasteiger partial charge in [-0.15, -0.1) is 12.4 Å². The van der Waals surface area contributed by atoms with E-state index in [-0.39, 0.29) is 24.0 Å². The van der Waals surface area contributed by atoms with Crippen LogP contribution in [0, 0.1) is 5.82 Å². The summed E-state index contributed by atoms with van der Waals surface area (Å²) in [5.74, 6) is -0.617. The van der Waals surface area contributed by atoms with Gasteiger partial charge in [0.25, 0.3) is 5.91 Å². The smallest absolute Gasteiger partial charge is 0.254 e. The molecule has 1 unspecified atom stereocenters. The van der Waals surface area contributed by atoms with Crippen LogP contribution in [0.15, 0.2) is 18.2 Å². The van der Waals surface area contributed by atoms with Crippen LogP contribution in [0.5, 0.6) is 5.75 Å². The third-order valence-corrected chi connectivity index (χ3v) is 2.48. The average Bonchev–Trinajstić information content (AvgIpc) is 2.35. The lowest BCUT2D eigenvalue weighted by Gasteiger charge is -2.12. The average molecular weight is 277 g/mol. The van der Waals surface area contributed by atoms with Gasteiger partial charge in [-0.2, -0.15) is 0 Å². The number of ether oxygens (including phenoxy) is 1. The number of carbonyl (C=O) groups is 1. The number of halogens is 2. The van der Waals surface area contributed by atoms with Crippen molar-refractivity contribution in [2.75, 3.05) is 20.7 Å². The minimum absolute atomic E-state index is 0. The molecule has 1 aromatic rings. The summed E-state index contributed by atoms with van der Waals surface area (Å²) in [4.78, 5) is 11.7. The first kappa shape index (κ1) is 16.7. The summed E-state index contributed by atoms with van der Waals surface area (Å²) in [5, 5.41) is 5.62. The number of amides is 1. The van der Waals surface area contributed by atoms with Gasteiger partial charge in [0, 0.05) is 18.7 Å². The zero-order valence-electron chi connectivity index (χ0n) is 10.6. The molecule has 0 aliphatic carbocycles. The van der Waals surface area contributed by atoms with Crippen molar-refractivity contribution in [1.29, 1.82) is 0 Å². The van der Waals surface area contributed by atoms with Crippen LogP contribution in [0.2, 0.25) is 0 Å². The Morgan fingerprint density at radius 3 is 2.67 bits per heavy atom. The molecule has 102 valence electrons. The second kappa shape index (κ2) is 7.89. The molecule has 2 N–H and O–H groups in total. The van der Waals surface area contributed by atoms with Crippen LogP contribution in [-0.4, -0.2) is 32.7 Å². The first-order valence-electron chi connectivity index (χ1n) is 5.37. The van der Waals surface area contributed by atoms with Crippen LogP contribution >= 0.6 is 12.4 Å². The molecule has 0 aromatic heterocycles. The maximum Gasteiger partial charge on any atom is 0.254 e. The Hall–Kier alpha value is -1.33. The van der Waals surface area contributed by atoms with E-state index >= 15 is 0 Å². The zero-order chi connectivity index (χ0) is 12.8. The largest absolute Gasteiger partial charge is 0.497 e. The lowest BCUT2D eigenvalue weighted by molar-refractivity contribution is 0.0946. The van der Waals surface area contributed by atoms with Gasteiger partial charge in [0.05, 0.1) is 12.7 Å². The number of benzene rings is 1. The summed E-state index contributed by atoms with van der Waals surface area (Å²) in [7, 11) is 3.24. The standard InChI is InChI=1S/C12H17FN2O2.ClH/c1-8(14-2)7-15-12(16)10-5-4-9(17-3)6-11(10)13;/h4-6,8,14H,7H2,1-3H3,(H,15,16);1H. The van der Waals surface area contributed by atoms with Gasteiger partial charge in [0.1, 0.15) is 11.6 Å². The molecule has 0 bridgehead atoms. The molecular formula is C12H18ClFN2O2. The lowest BCUT2D eigenvalue weighted by Crippen LogP contribution is -2.37. The fourth-order valence-corrected chi connectivity index (χ4v) is 1.25. The van der Waals surface area contributed by atoms with Crippen LogP contribution in [-0.2, 0) is 0 Å². The van der Waals surface area contributed by atoms with Gasteiger partial charge in [0.2, 0.25) is 0 Å². The summed E-state index contributed by atoms with van der Waals surface area (Å²) >= 11 is 0. The van der Waals surface area contributed by atoms with Crippen LogP contribution in [0.25, 0.3) is 0 Å². The molecule has 0 saturated carbocycles. The number of rotatable bonds is 5. The second-order valence-electron chi connectivity index (χ2n) is 3.75. The summed E-state index contributed by atoms with van der Waals surface area (Å²) in [6.07, 6.45) is 0. The van der Waals surface area contributed by atoms with Crippen molar-refractivity contribution in [2.45, 2.75) is 13.0 Å². The number of likely N-dealkylation sites (N-methyl/N-ethyl adjacent to an activating group) is 1. The van der Waals surface area contributed by atoms with Crippen LogP contribution in [0.3, 0.4) is 0 Å². The van der Waals surface area contributed by atoms with E-state index in [1.807, 2.05) is 6.92 Å². The summed E-state index contributed by atoms with van der Waals surface area (Å²) in [6, 6.07) is 4.30. The van der Waals surface area contributed by atoms with Crippen molar-refractivity contribution >= 4 is 18.3 Å². The third-order valence-electron chi connectivity index (χ3n) is 2.48. The van der Waals surface area contributed by atoms with E-state index in [1.54, 1.807) is 13.1 Å². The van der Waals surface area contributed by atoms with E-state index in [2.05, 4.69) is 10.6 Å². The topological polar surface area (TPSA) is 50.4 Å². The summed E-state index contributed by atoms with van der Waals surface area (Å²) in [5.41, 5.74) is 0.0223. The normalized spacial score (nSPS) is 11.3. The first-order valence-corrected chi connectivity index (χ1v) is 5.37. The molecule has 0 saturated heterocycles. The highest BCUT2D eigenvalue weighted by Gasteiger charge is 2.12. The van der Waals surface area contributed by atoms with Gasteiger partial charge in [-0.3, -0.25) is 4.79 Å². The van der Waals surface area contributed by atoms with E-state index in [4.69, 9.17) is 4.74 Å². The Kier molecular flexibility index (Phi) is 7.31. The second-order valence-corrected chi connectivity index (χ2v) is 3.75. The highest BCUT2D eigenvalue weighted by atomic mass is 35.5. The summed E-state index contributed by atoms with van der Waals surface area (Å²) in [6.45, 7) is 2.37. The summed E-state index contributed by atoms with van der Waals surface area (Å²) < 4.78 is 18.4. The van der Waals surface area contributed by atoms with Gasteiger partial charge in [-0.05, 0) is 26.1 Å². The van der Waals surface area contributed by atoms with Crippen LogP contribution in [0.1, 0.15) is 17.3 Å². The monoisotopic (exact) mass is 276 g/mol. The van der Waals surface area contributed by atoms with Crippen molar-refractivity contribution in [3.63, 3.8) is 0 Å². The minimum atomic E-state index is -0.584. The number of hydrogen-bond donors (Lipinski definition) is 2. The Labute approximate surface area is 112 Å². The van der Waals surface area contributed by atoms with Crippen molar-refractivity contribution in [3.05, 3.63) is 29.6 Å². The number of methoxy groups -OCH3 is 1. The quantitative estimate of drug-likeness (QED) is 0.859. The molecule has 1 atom stereocenters. The maximum atomic E-state index is 13.5. The molecular weight excluding hydrogens is 259 g/mol. The highest BCUT2D eigenvalue weighted by molar-refractivity contribution is 5.94. The van der Waals surface area contributed by atoms with E-state index in [9.17, 15) is 9.18 Å². The fraction of sp³-hybridized carbons (Fsp3) is 0.417. The minimum Gasteiger partial charge on any atom is -0.497 e. The highest BCUT2D eigenvalue weighted by Crippen LogP contribution is 2.15. The Morgan fingerprint density at radius 1 is 1.50 bits per heavy atom. The molecule has 0 radical (unpaired) electrons. The van der Waals surface area contributed by atoms with Crippen LogP contribution in [0.4, 0.5) is 4.39 Å². The fourth-order valence-electron chi connectivity index (χ4n) is 1.25. The molecule has 0 heterocycles. The zero-order valence-corrected chi connectivity index (χ0v) is 11.4. The van der Waals surface area contributed by atoms with Gasteiger partial charge in [-0.25, -0.2) is 4.39 Å². The lowest BCUT2D eigenvalue weighted by atomic mass is 10.2. The van der Waals surface area contributed by atoms with Crippen molar-refractivity contribution < 1.29 is 13.9 Å². The number of hydrogen-bond acceptors (Lipinski definition) is 3. The molecule has 0 fully saturated rings. The van der Waals surface area contributed by atoms with Gasteiger partial charge in [-0.1, -0.05) is 0 Å².